The normalized spacial score (nSPS) is 9.54. The van der Waals surface area contributed by atoms with E-state index in [4.69, 9.17) is 5.11 Å². The van der Waals surface area contributed by atoms with Crippen molar-refractivity contribution < 1.29 is 26.9 Å². The van der Waals surface area contributed by atoms with Gasteiger partial charge in [-0.3, -0.25) is 0 Å². The summed E-state index contributed by atoms with van der Waals surface area (Å²) in [6.07, 6.45) is 0.889. The molecule has 0 spiro atoms. The Morgan fingerprint density at radius 3 is 2.31 bits per heavy atom. The van der Waals surface area contributed by atoms with E-state index in [1.165, 1.54) is 4.23 Å². The molecule has 1 aromatic carbocycles. The monoisotopic (exact) mass is 213 g/mol. The molecule has 0 bridgehead atoms. The predicted molar refractivity (Wildman–Crippen MR) is 47.8 cm³/mol. The Balaban J connectivity index is 2.81. The van der Waals surface area contributed by atoms with E-state index in [0.29, 0.717) is 5.56 Å². The zero-order valence-corrected chi connectivity index (χ0v) is 8.72. The van der Waals surface area contributed by atoms with Crippen LogP contribution in [0, 0.1) is 0 Å². The first-order valence-corrected chi connectivity index (χ1v) is 4.63. The van der Waals surface area contributed by atoms with Gasteiger partial charge in [0, 0.05) is 0 Å². The molecule has 0 aliphatic carbocycles. The van der Waals surface area contributed by atoms with E-state index in [1.54, 1.807) is 12.1 Å². The third kappa shape index (κ3) is 3.17. The number of hydrogen-bond donors (Lipinski definition) is 1. The Bertz CT molecular complexity index is 327. The number of rotatable bonds is 3. The van der Waals surface area contributed by atoms with Crippen molar-refractivity contribution in [3.8, 4) is 0 Å². The predicted octanol–water partition coefficient (Wildman–Crippen LogP) is 1.67. The first kappa shape index (κ1) is 10.2. The Labute approximate surface area is 86.1 Å². The fourth-order valence-corrected chi connectivity index (χ4v) is 1.35. The van der Waals surface area contributed by atoms with E-state index in [1.807, 2.05) is 19.1 Å². The molecule has 1 rings (SSSR count). The molecule has 0 aliphatic heterocycles. The summed E-state index contributed by atoms with van der Waals surface area (Å²) in [5.41, 5.74) is 1.48. The van der Waals surface area contributed by atoms with Gasteiger partial charge in [0.2, 0.25) is 0 Å². The molecule has 0 saturated heterocycles. The van der Waals surface area contributed by atoms with Gasteiger partial charge in [-0.2, -0.15) is 0 Å². The molecule has 0 heterocycles. The van der Waals surface area contributed by atoms with Crippen LogP contribution in [0.4, 0.5) is 0 Å². The third-order valence-electron chi connectivity index (χ3n) is 1.66. The number of carboxylic acids is 1. The van der Waals surface area contributed by atoms with E-state index < -0.39 is 5.97 Å². The van der Waals surface area contributed by atoms with Crippen LogP contribution in [0.25, 0.3) is 0 Å². The molecule has 1 N–H and O–H groups in total. The van der Waals surface area contributed by atoms with E-state index in [2.05, 4.69) is 17.0 Å². The Morgan fingerprint density at radius 2 is 1.92 bits per heavy atom. The van der Waals surface area contributed by atoms with Gasteiger partial charge in [0.25, 0.3) is 0 Å². The van der Waals surface area contributed by atoms with Gasteiger partial charge in [-0.15, -0.1) is 0 Å². The van der Waals surface area contributed by atoms with Crippen molar-refractivity contribution in [2.45, 2.75) is 13.3 Å². The van der Waals surface area contributed by atoms with E-state index in [0.717, 1.165) is 12.0 Å². The summed E-state index contributed by atoms with van der Waals surface area (Å²) in [6, 6.07) is 6.96. The number of carboxylic acid groups (broad SMARTS) is 1. The average Bonchev–Trinajstić information content (AvgIpc) is 2.04. The second-order valence-corrected chi connectivity index (χ2v) is 4.11. The quantitative estimate of drug-likeness (QED) is 0.829. The summed E-state index contributed by atoms with van der Waals surface area (Å²) in [7, 11) is 0. The molecule has 0 saturated carbocycles. The Morgan fingerprint density at radius 1 is 1.38 bits per heavy atom. The summed E-state index contributed by atoms with van der Waals surface area (Å²) >= 11 is 2.49. The summed E-state index contributed by atoms with van der Waals surface area (Å²) in [5.74, 6) is -0.875. The van der Waals surface area contributed by atoms with Crippen molar-refractivity contribution in [3.63, 3.8) is 0 Å². The van der Waals surface area contributed by atoms with Gasteiger partial charge in [-0.25, -0.2) is 0 Å². The summed E-state index contributed by atoms with van der Waals surface area (Å²) in [5, 5.41) is 8.65. The van der Waals surface area contributed by atoms with Crippen LogP contribution in [0.2, 0.25) is 0 Å². The van der Waals surface area contributed by atoms with Crippen molar-refractivity contribution in [1.29, 1.82) is 0 Å². The molecular formula is C10H10O2V. The van der Waals surface area contributed by atoms with Gasteiger partial charge in [0.05, 0.1) is 0 Å². The fraction of sp³-hybridized carbons (Fsp3) is 0.200. The maximum atomic E-state index is 10.5. The standard InChI is InChI=1S/C10H10O2.V/c1-2-3-8-4-6-9(7-5-8)10(11)12;/h4-7H,3H2,1H3,(H,11,12);. The fourth-order valence-electron chi connectivity index (χ4n) is 1.06. The molecular weight excluding hydrogens is 203 g/mol. The van der Waals surface area contributed by atoms with Gasteiger partial charge in [-0.1, -0.05) is 0 Å². The zero-order chi connectivity index (χ0) is 9.84. The SMILES string of the molecule is C[C](=[V])Cc1ccc(C(=O)O)cc1. The van der Waals surface area contributed by atoms with Crippen LogP contribution in [0.1, 0.15) is 22.8 Å². The van der Waals surface area contributed by atoms with Gasteiger partial charge in [0.1, 0.15) is 0 Å². The number of carbonyl (C=O) groups is 1. The second kappa shape index (κ2) is 4.40. The number of aromatic carboxylic acids is 1. The van der Waals surface area contributed by atoms with Crippen molar-refractivity contribution in [2.24, 2.45) is 0 Å². The molecule has 0 unspecified atom stereocenters. The molecule has 0 fully saturated rings. The molecule has 0 aliphatic rings. The molecule has 0 atom stereocenters. The Hall–Kier alpha value is -0.856. The third-order valence-corrected chi connectivity index (χ3v) is 1.91. The molecule has 1 aromatic rings. The van der Waals surface area contributed by atoms with Crippen LogP contribution >= 0.6 is 0 Å². The molecule has 3 heteroatoms. The molecule has 67 valence electrons. The van der Waals surface area contributed by atoms with Gasteiger partial charge in [0.15, 0.2) is 0 Å². The summed E-state index contributed by atoms with van der Waals surface area (Å²) < 4.78 is 1.26. The van der Waals surface area contributed by atoms with Crippen molar-refractivity contribution in [3.05, 3.63) is 35.4 Å². The van der Waals surface area contributed by atoms with E-state index in [-0.39, 0.29) is 0 Å². The molecule has 13 heavy (non-hydrogen) atoms. The van der Waals surface area contributed by atoms with Crippen LogP contribution in [-0.4, -0.2) is 15.3 Å². The van der Waals surface area contributed by atoms with E-state index in [9.17, 15) is 4.79 Å². The van der Waals surface area contributed by atoms with Crippen molar-refractivity contribution in [1.82, 2.24) is 0 Å². The summed E-state index contributed by atoms with van der Waals surface area (Å²) in [4.78, 5) is 10.5. The van der Waals surface area contributed by atoms with Gasteiger partial charge < -0.3 is 0 Å². The molecule has 0 radical (unpaired) electrons. The van der Waals surface area contributed by atoms with Crippen LogP contribution in [0.5, 0.6) is 0 Å². The van der Waals surface area contributed by atoms with E-state index >= 15 is 0 Å². The van der Waals surface area contributed by atoms with Gasteiger partial charge in [-0.05, 0) is 0 Å². The molecule has 0 amide bonds. The molecule has 0 aromatic heterocycles. The molecule has 2 nitrogen and oxygen atoms in total. The minimum atomic E-state index is -0.875. The number of benzene rings is 1. The zero-order valence-electron chi connectivity index (χ0n) is 7.32. The Kier molecular flexibility index (Phi) is 3.46. The van der Waals surface area contributed by atoms with Crippen LogP contribution < -0.4 is 0 Å². The van der Waals surface area contributed by atoms with Crippen molar-refractivity contribution >= 4 is 10.2 Å². The summed E-state index contributed by atoms with van der Waals surface area (Å²) in [6.45, 7) is 2.03. The maximum absolute atomic E-state index is 10.5. The number of hydrogen-bond acceptors (Lipinski definition) is 1. The second-order valence-electron chi connectivity index (χ2n) is 2.91. The topological polar surface area (TPSA) is 37.3 Å². The van der Waals surface area contributed by atoms with Crippen LogP contribution in [0.15, 0.2) is 24.3 Å². The average molecular weight is 213 g/mol. The first-order valence-electron chi connectivity index (χ1n) is 3.93. The first-order chi connectivity index (χ1) is 6.09. The van der Waals surface area contributed by atoms with Crippen LogP contribution in [-0.2, 0) is 23.4 Å². The van der Waals surface area contributed by atoms with Gasteiger partial charge >= 0.3 is 85.8 Å². The van der Waals surface area contributed by atoms with Crippen molar-refractivity contribution in [2.75, 3.05) is 0 Å². The van der Waals surface area contributed by atoms with Crippen LogP contribution in [0.3, 0.4) is 0 Å². The minimum absolute atomic E-state index is 0.340.